The molecule has 1 unspecified atom stereocenters. The van der Waals surface area contributed by atoms with Gasteiger partial charge in [0.25, 0.3) is 0 Å². The topological polar surface area (TPSA) is 106 Å². The molecule has 252 valence electrons. The zero-order valence-corrected chi connectivity index (χ0v) is 28.9. The number of hydrogen-bond acceptors (Lipinski definition) is 5. The lowest BCUT2D eigenvalue weighted by atomic mass is 9.49. The summed E-state index contributed by atoms with van der Waals surface area (Å²) in [5, 5.41) is 14.1. The fraction of sp³-hybridized carbons (Fsp3) is 0.375. The first kappa shape index (κ1) is 32.5. The van der Waals surface area contributed by atoms with E-state index in [4.69, 9.17) is 33.9 Å². The fourth-order valence-corrected chi connectivity index (χ4v) is 9.80. The van der Waals surface area contributed by atoms with Gasteiger partial charge in [0.15, 0.2) is 0 Å². The van der Waals surface area contributed by atoms with Gasteiger partial charge in [-0.15, -0.1) is 0 Å². The molecule has 0 spiro atoms. The predicted molar refractivity (Wildman–Crippen MR) is 195 cm³/mol. The van der Waals surface area contributed by atoms with Gasteiger partial charge in [-0.05, 0) is 109 Å². The first-order valence-electron chi connectivity index (χ1n) is 17.4. The van der Waals surface area contributed by atoms with Gasteiger partial charge in [0.05, 0.1) is 39.1 Å². The van der Waals surface area contributed by atoms with Crippen LogP contribution in [0.1, 0.15) is 67.8 Å². The van der Waals surface area contributed by atoms with Gasteiger partial charge in [-0.2, -0.15) is 0 Å². The Morgan fingerprint density at radius 1 is 0.898 bits per heavy atom. The molecule has 0 saturated heterocycles. The summed E-state index contributed by atoms with van der Waals surface area (Å²) >= 11 is 12.4. The van der Waals surface area contributed by atoms with E-state index in [2.05, 4.69) is 57.3 Å². The highest BCUT2D eigenvalue weighted by molar-refractivity contribution is 6.42. The SMILES string of the molecule is NC(=O)CC(NCc1ccc(Cl)c(Cl)c1)c1ccc2c(c1)nc(-c1ccc(-c3cccc(CO)n3)cc1)n2CC12CC3CC(CC(C3)C1)C2. The molecule has 1 atom stereocenters. The maximum Gasteiger partial charge on any atom is 0.219 e. The van der Waals surface area contributed by atoms with Crippen LogP contribution in [0.2, 0.25) is 10.0 Å². The Morgan fingerprint density at radius 3 is 2.29 bits per heavy atom. The molecule has 9 rings (SSSR count). The average Bonchev–Trinajstić information content (AvgIpc) is 3.44. The zero-order valence-electron chi connectivity index (χ0n) is 27.4. The van der Waals surface area contributed by atoms with E-state index in [1.807, 2.05) is 30.3 Å². The minimum absolute atomic E-state index is 0.0897. The van der Waals surface area contributed by atoms with E-state index < -0.39 is 0 Å². The molecule has 4 bridgehead atoms. The molecule has 4 N–H and O–H groups in total. The lowest BCUT2D eigenvalue weighted by Crippen LogP contribution is -2.47. The van der Waals surface area contributed by atoms with Gasteiger partial charge in [-0.3, -0.25) is 9.78 Å². The Kier molecular flexibility index (Phi) is 8.73. The van der Waals surface area contributed by atoms with E-state index >= 15 is 0 Å². The molecule has 49 heavy (non-hydrogen) atoms. The molecule has 7 nitrogen and oxygen atoms in total. The van der Waals surface area contributed by atoms with E-state index in [-0.39, 0.29) is 25.0 Å². The van der Waals surface area contributed by atoms with Gasteiger partial charge in [0.1, 0.15) is 5.82 Å². The molecule has 1 amide bonds. The minimum Gasteiger partial charge on any atom is -0.390 e. The molecule has 5 aromatic rings. The van der Waals surface area contributed by atoms with Crippen LogP contribution in [0.3, 0.4) is 0 Å². The van der Waals surface area contributed by atoms with E-state index in [1.165, 1.54) is 38.5 Å². The first-order chi connectivity index (χ1) is 23.7. The van der Waals surface area contributed by atoms with Gasteiger partial charge >= 0.3 is 0 Å². The molecular formula is C40H41Cl2N5O2. The first-order valence-corrected chi connectivity index (χ1v) is 18.1. The van der Waals surface area contributed by atoms with Crippen LogP contribution in [0.25, 0.3) is 33.7 Å². The monoisotopic (exact) mass is 693 g/mol. The van der Waals surface area contributed by atoms with E-state index in [1.54, 1.807) is 6.07 Å². The molecule has 3 aromatic carbocycles. The van der Waals surface area contributed by atoms with E-state index in [0.29, 0.717) is 27.7 Å². The second kappa shape index (κ2) is 13.2. The number of aliphatic hydroxyl groups excluding tert-OH is 1. The number of amides is 1. The van der Waals surface area contributed by atoms with Crippen molar-refractivity contribution in [2.24, 2.45) is 28.9 Å². The normalized spacial score (nSPS) is 23.3. The highest BCUT2D eigenvalue weighted by Crippen LogP contribution is 2.61. The molecule has 4 aliphatic carbocycles. The number of primary amides is 1. The predicted octanol–water partition coefficient (Wildman–Crippen LogP) is 8.49. The minimum atomic E-state index is -0.376. The molecule has 2 heterocycles. The fourth-order valence-electron chi connectivity index (χ4n) is 9.48. The standard InChI is InChI=1S/C40H41Cl2N5O2/c41-32-10-4-24(15-33(32)42)21-44-35(17-38(43)49)30-9-11-37-36(16-30)46-39(29-7-5-28(6-8-29)34-3-1-2-31(22-48)45-34)47(37)23-40-18-25-12-26(19-40)14-27(13-25)20-40/h1-11,15-16,25-27,35,44,48H,12-14,17-23H2,(H2,43,49). The summed E-state index contributed by atoms with van der Waals surface area (Å²) in [6.07, 6.45) is 8.29. The molecule has 4 fully saturated rings. The van der Waals surface area contributed by atoms with Crippen molar-refractivity contribution in [3.05, 3.63) is 106 Å². The summed E-state index contributed by atoms with van der Waals surface area (Å²) in [4.78, 5) is 22.1. The number of halogens is 2. The number of fused-ring (bicyclic) bond motifs is 1. The Bertz CT molecular complexity index is 1990. The summed E-state index contributed by atoms with van der Waals surface area (Å²) < 4.78 is 2.47. The Hall–Kier alpha value is -3.75. The van der Waals surface area contributed by atoms with Crippen molar-refractivity contribution >= 4 is 40.1 Å². The van der Waals surface area contributed by atoms with Crippen molar-refractivity contribution in [3.63, 3.8) is 0 Å². The molecule has 0 radical (unpaired) electrons. The molecular weight excluding hydrogens is 653 g/mol. The number of carbonyl (C=O) groups is 1. The molecule has 0 aliphatic heterocycles. The van der Waals surface area contributed by atoms with E-state index in [0.717, 1.165) is 69.1 Å². The summed E-state index contributed by atoms with van der Waals surface area (Å²) in [7, 11) is 0. The average molecular weight is 695 g/mol. The van der Waals surface area contributed by atoms with Crippen molar-refractivity contribution in [1.82, 2.24) is 19.9 Å². The highest BCUT2D eigenvalue weighted by Gasteiger charge is 2.51. The second-order valence-corrected chi connectivity index (χ2v) is 15.6. The number of pyridine rings is 1. The van der Waals surface area contributed by atoms with Gasteiger partial charge < -0.3 is 20.7 Å². The Morgan fingerprint density at radius 2 is 1.61 bits per heavy atom. The van der Waals surface area contributed by atoms with Crippen molar-refractivity contribution in [3.8, 4) is 22.6 Å². The highest BCUT2D eigenvalue weighted by atomic mass is 35.5. The number of nitrogens with two attached hydrogens (primary N) is 1. The van der Waals surface area contributed by atoms with Crippen LogP contribution in [0, 0.1) is 23.2 Å². The quantitative estimate of drug-likeness (QED) is 0.129. The van der Waals surface area contributed by atoms with Crippen LogP contribution in [-0.2, 0) is 24.5 Å². The molecule has 2 aromatic heterocycles. The van der Waals surface area contributed by atoms with Crippen molar-refractivity contribution < 1.29 is 9.90 Å². The van der Waals surface area contributed by atoms with Crippen molar-refractivity contribution in [2.75, 3.05) is 0 Å². The van der Waals surface area contributed by atoms with Crippen LogP contribution >= 0.6 is 23.2 Å². The van der Waals surface area contributed by atoms with Gasteiger partial charge in [0, 0.05) is 36.7 Å². The summed E-state index contributed by atoms with van der Waals surface area (Å²) in [6, 6.07) is 25.8. The van der Waals surface area contributed by atoms with Crippen molar-refractivity contribution in [1.29, 1.82) is 0 Å². The van der Waals surface area contributed by atoms with Crippen molar-refractivity contribution in [2.45, 2.75) is 70.7 Å². The smallest absolute Gasteiger partial charge is 0.219 e. The summed E-state index contributed by atoms with van der Waals surface area (Å²) in [6.45, 7) is 1.37. The van der Waals surface area contributed by atoms with Gasteiger partial charge in [-0.1, -0.05) is 65.7 Å². The number of imidazole rings is 1. The van der Waals surface area contributed by atoms with Crippen LogP contribution in [-0.4, -0.2) is 25.5 Å². The van der Waals surface area contributed by atoms with Gasteiger partial charge in [0.2, 0.25) is 5.91 Å². The largest absolute Gasteiger partial charge is 0.390 e. The van der Waals surface area contributed by atoms with Crippen LogP contribution in [0.4, 0.5) is 0 Å². The zero-order chi connectivity index (χ0) is 33.7. The lowest BCUT2D eigenvalue weighted by Gasteiger charge is -2.57. The maximum atomic E-state index is 12.2. The maximum absolute atomic E-state index is 12.2. The number of aliphatic hydroxyl groups is 1. The van der Waals surface area contributed by atoms with Crippen LogP contribution in [0.5, 0.6) is 0 Å². The Labute approximate surface area is 296 Å². The van der Waals surface area contributed by atoms with E-state index in [9.17, 15) is 9.90 Å². The number of hydrogen-bond donors (Lipinski definition) is 3. The third kappa shape index (κ3) is 6.62. The number of carbonyl (C=O) groups excluding carboxylic acids is 1. The lowest BCUT2D eigenvalue weighted by molar-refractivity contribution is -0.118. The number of benzene rings is 3. The number of nitrogens with one attached hydrogen (secondary N) is 1. The third-order valence-electron chi connectivity index (χ3n) is 11.2. The molecule has 9 heteroatoms. The van der Waals surface area contributed by atoms with Crippen LogP contribution in [0.15, 0.2) is 78.9 Å². The molecule has 4 aliphatic rings. The van der Waals surface area contributed by atoms with Crippen LogP contribution < -0.4 is 11.1 Å². The number of aromatic nitrogens is 3. The summed E-state index contributed by atoms with van der Waals surface area (Å²) in [5.41, 5.74) is 13.5. The summed E-state index contributed by atoms with van der Waals surface area (Å²) in [5.74, 6) is 3.15. The number of nitrogens with zero attached hydrogens (tertiary/aromatic N) is 3. The number of rotatable bonds is 11. The third-order valence-corrected chi connectivity index (χ3v) is 11.9. The molecule has 4 saturated carbocycles. The second-order valence-electron chi connectivity index (χ2n) is 14.8. The van der Waals surface area contributed by atoms with Gasteiger partial charge in [-0.25, -0.2) is 4.98 Å². The Balaban J connectivity index is 1.16.